The first-order valence-electron chi connectivity index (χ1n) is 11.3. The first kappa shape index (κ1) is 25.6. The molecule has 3 aromatic rings. The Labute approximate surface area is 204 Å². The Morgan fingerprint density at radius 1 is 0.941 bits per heavy atom. The number of methoxy groups -OCH3 is 2. The maximum Gasteiger partial charge on any atom is 0.270 e. The van der Waals surface area contributed by atoms with E-state index in [1.54, 1.807) is 24.5 Å². The maximum atomic E-state index is 13.3. The molecule has 0 bridgehead atoms. The topological polar surface area (TPSA) is 80.8 Å². The second-order valence-corrected chi connectivity index (χ2v) is 8.69. The molecule has 3 rings (SSSR count). The first-order valence-corrected chi connectivity index (χ1v) is 12.2. The zero-order valence-electron chi connectivity index (χ0n) is 19.7. The minimum Gasteiger partial charge on any atom is -0.385 e. The number of amides is 2. The van der Waals surface area contributed by atoms with E-state index in [1.807, 2.05) is 54.6 Å². The molecule has 0 fully saturated rings. The van der Waals surface area contributed by atoms with Crippen molar-refractivity contribution < 1.29 is 19.1 Å². The summed E-state index contributed by atoms with van der Waals surface area (Å²) in [5.74, 6) is -0.288. The average Bonchev–Trinajstić information content (AvgIpc) is 3.35. The van der Waals surface area contributed by atoms with Crippen molar-refractivity contribution >= 4 is 23.2 Å². The molecule has 2 aromatic carbocycles. The van der Waals surface area contributed by atoms with E-state index in [0.717, 1.165) is 17.5 Å². The smallest absolute Gasteiger partial charge is 0.270 e. The molecule has 2 amide bonds. The summed E-state index contributed by atoms with van der Waals surface area (Å²) in [5.41, 5.74) is 3.15. The molecule has 8 heteroatoms. The number of carbonyl (C=O) groups is 2. The normalized spacial score (nSPS) is 10.8. The fourth-order valence-corrected chi connectivity index (χ4v) is 4.22. The van der Waals surface area contributed by atoms with Crippen molar-refractivity contribution in [1.29, 1.82) is 0 Å². The van der Waals surface area contributed by atoms with Gasteiger partial charge in [-0.25, -0.2) is 4.98 Å². The van der Waals surface area contributed by atoms with Crippen molar-refractivity contribution in [2.45, 2.75) is 19.4 Å². The molecule has 0 saturated carbocycles. The zero-order chi connectivity index (χ0) is 24.2. The number of aromatic nitrogens is 1. The lowest BCUT2D eigenvalue weighted by molar-refractivity contribution is 0.0723. The van der Waals surface area contributed by atoms with Gasteiger partial charge in [0.1, 0.15) is 10.7 Å². The highest BCUT2D eigenvalue weighted by Crippen LogP contribution is 2.21. The summed E-state index contributed by atoms with van der Waals surface area (Å²) in [6.45, 7) is 2.55. The second-order valence-electron chi connectivity index (χ2n) is 7.75. The fraction of sp³-hybridized carbons (Fsp3) is 0.346. The number of nitrogens with zero attached hydrogens (tertiary/aromatic N) is 2. The van der Waals surface area contributed by atoms with Gasteiger partial charge in [-0.3, -0.25) is 9.59 Å². The van der Waals surface area contributed by atoms with Crippen LogP contribution in [-0.2, 0) is 16.0 Å². The molecular formula is C26H31N3O4S. The summed E-state index contributed by atoms with van der Waals surface area (Å²) in [5, 5.41) is 5.28. The van der Waals surface area contributed by atoms with Gasteiger partial charge in [-0.2, -0.15) is 0 Å². The molecule has 180 valence electrons. The number of hydrogen-bond acceptors (Lipinski definition) is 6. The third-order valence-corrected chi connectivity index (χ3v) is 6.06. The van der Waals surface area contributed by atoms with Crippen molar-refractivity contribution in [3.8, 4) is 11.1 Å². The second kappa shape index (κ2) is 13.6. The Kier molecular flexibility index (Phi) is 10.2. The van der Waals surface area contributed by atoms with Gasteiger partial charge in [0, 0.05) is 51.5 Å². The van der Waals surface area contributed by atoms with Crippen LogP contribution in [0, 0.1) is 0 Å². The maximum absolute atomic E-state index is 13.3. The Hall–Kier alpha value is -3.07. The van der Waals surface area contributed by atoms with E-state index >= 15 is 0 Å². The number of nitrogens with one attached hydrogen (secondary N) is 1. The zero-order valence-corrected chi connectivity index (χ0v) is 20.5. The lowest BCUT2D eigenvalue weighted by atomic mass is 10.0. The van der Waals surface area contributed by atoms with Gasteiger partial charge in [-0.15, -0.1) is 11.3 Å². The molecule has 34 heavy (non-hydrogen) atoms. The van der Waals surface area contributed by atoms with E-state index in [1.165, 1.54) is 11.3 Å². The van der Waals surface area contributed by atoms with Crippen LogP contribution in [0.2, 0.25) is 0 Å². The monoisotopic (exact) mass is 481 g/mol. The molecular weight excluding hydrogens is 450 g/mol. The number of ether oxygens (including phenoxy) is 2. The number of carbonyl (C=O) groups excluding carboxylic acids is 2. The van der Waals surface area contributed by atoms with Crippen molar-refractivity contribution in [2.24, 2.45) is 0 Å². The van der Waals surface area contributed by atoms with E-state index in [2.05, 4.69) is 10.3 Å². The van der Waals surface area contributed by atoms with E-state index in [9.17, 15) is 9.59 Å². The predicted molar refractivity (Wildman–Crippen MR) is 134 cm³/mol. The standard InChI is InChI=1S/C26H31N3O4S/c1-32-16-6-14-27-25(30)23-19-34-24(28-23)18-29(15-7-17-33-2)26(31)22-12-10-21(11-13-22)20-8-4-3-5-9-20/h3-5,8-13,19H,6-7,14-18H2,1-2H3,(H,27,30). The van der Waals surface area contributed by atoms with Crippen LogP contribution in [0.1, 0.15) is 38.7 Å². The SMILES string of the molecule is COCCCNC(=O)c1csc(CN(CCCOC)C(=O)c2ccc(-c3ccccc3)cc2)n1. The Balaban J connectivity index is 1.67. The highest BCUT2D eigenvalue weighted by Gasteiger charge is 2.19. The van der Waals surface area contributed by atoms with Gasteiger partial charge in [0.2, 0.25) is 0 Å². The van der Waals surface area contributed by atoms with Crippen molar-refractivity contribution in [3.05, 3.63) is 76.2 Å². The molecule has 1 N–H and O–H groups in total. The van der Waals surface area contributed by atoms with Gasteiger partial charge in [-0.1, -0.05) is 42.5 Å². The molecule has 0 aliphatic carbocycles. The van der Waals surface area contributed by atoms with Gasteiger partial charge in [-0.05, 0) is 36.1 Å². The number of rotatable bonds is 13. The highest BCUT2D eigenvalue weighted by atomic mass is 32.1. The van der Waals surface area contributed by atoms with Gasteiger partial charge in [0.25, 0.3) is 11.8 Å². The summed E-state index contributed by atoms with van der Waals surface area (Å²) in [4.78, 5) is 31.8. The molecule has 1 aromatic heterocycles. The van der Waals surface area contributed by atoms with Crippen molar-refractivity contribution in [2.75, 3.05) is 40.5 Å². The summed E-state index contributed by atoms with van der Waals surface area (Å²) in [7, 11) is 3.28. The predicted octanol–water partition coefficient (Wildman–Crippen LogP) is 4.26. The minimum atomic E-state index is -0.215. The lowest BCUT2D eigenvalue weighted by Crippen LogP contribution is -2.32. The number of thiazole rings is 1. The molecule has 7 nitrogen and oxygen atoms in total. The third-order valence-electron chi connectivity index (χ3n) is 5.22. The quantitative estimate of drug-likeness (QED) is 0.369. The van der Waals surface area contributed by atoms with Crippen LogP contribution >= 0.6 is 11.3 Å². The Morgan fingerprint density at radius 2 is 1.62 bits per heavy atom. The summed E-state index contributed by atoms with van der Waals surface area (Å²) in [6, 6.07) is 17.7. The van der Waals surface area contributed by atoms with Crippen LogP contribution in [0.5, 0.6) is 0 Å². The average molecular weight is 482 g/mol. The van der Waals surface area contributed by atoms with E-state index in [0.29, 0.717) is 55.5 Å². The Morgan fingerprint density at radius 3 is 2.32 bits per heavy atom. The molecule has 0 unspecified atom stereocenters. The summed E-state index contributed by atoms with van der Waals surface area (Å²) < 4.78 is 10.2. The first-order chi connectivity index (χ1) is 16.6. The van der Waals surface area contributed by atoms with Gasteiger partial charge in [0.15, 0.2) is 0 Å². The molecule has 0 atom stereocenters. The molecule has 0 aliphatic heterocycles. The Bertz CT molecular complexity index is 1040. The van der Waals surface area contributed by atoms with E-state index in [4.69, 9.17) is 9.47 Å². The number of benzene rings is 2. The van der Waals surface area contributed by atoms with E-state index in [-0.39, 0.29) is 11.8 Å². The van der Waals surface area contributed by atoms with Gasteiger partial charge >= 0.3 is 0 Å². The van der Waals surface area contributed by atoms with Crippen LogP contribution in [0.15, 0.2) is 60.0 Å². The van der Waals surface area contributed by atoms with Crippen LogP contribution in [0.25, 0.3) is 11.1 Å². The fourth-order valence-electron chi connectivity index (χ4n) is 3.43. The van der Waals surface area contributed by atoms with Crippen molar-refractivity contribution in [1.82, 2.24) is 15.2 Å². The third kappa shape index (κ3) is 7.48. The molecule has 0 saturated heterocycles. The minimum absolute atomic E-state index is 0.0727. The van der Waals surface area contributed by atoms with Gasteiger partial charge < -0.3 is 19.7 Å². The van der Waals surface area contributed by atoms with Crippen LogP contribution in [-0.4, -0.2) is 62.2 Å². The number of hydrogen-bond donors (Lipinski definition) is 1. The molecule has 0 aliphatic rings. The molecule has 0 spiro atoms. The van der Waals surface area contributed by atoms with Crippen molar-refractivity contribution in [3.63, 3.8) is 0 Å². The highest BCUT2D eigenvalue weighted by molar-refractivity contribution is 7.09. The van der Waals surface area contributed by atoms with Crippen LogP contribution in [0.3, 0.4) is 0 Å². The molecule has 0 radical (unpaired) electrons. The summed E-state index contributed by atoms with van der Waals surface area (Å²) in [6.07, 6.45) is 1.45. The van der Waals surface area contributed by atoms with Crippen LogP contribution in [0.4, 0.5) is 0 Å². The molecule has 1 heterocycles. The summed E-state index contributed by atoms with van der Waals surface area (Å²) >= 11 is 1.38. The van der Waals surface area contributed by atoms with E-state index < -0.39 is 0 Å². The van der Waals surface area contributed by atoms with Gasteiger partial charge in [0.05, 0.1) is 6.54 Å². The lowest BCUT2D eigenvalue weighted by Gasteiger charge is -2.22. The van der Waals surface area contributed by atoms with Crippen LogP contribution < -0.4 is 5.32 Å². The largest absolute Gasteiger partial charge is 0.385 e.